The van der Waals surface area contributed by atoms with Crippen LogP contribution < -0.4 is 26.8 Å². The van der Waals surface area contributed by atoms with Crippen LogP contribution in [-0.4, -0.2) is 58.9 Å². The van der Waals surface area contributed by atoms with Crippen LogP contribution in [0.3, 0.4) is 0 Å². The second-order valence-corrected chi connectivity index (χ2v) is 13.1. The summed E-state index contributed by atoms with van der Waals surface area (Å²) < 4.78 is 11.2. The normalized spacial score (nSPS) is 24.4. The molecule has 4 amide bonds. The van der Waals surface area contributed by atoms with Gasteiger partial charge in [0.2, 0.25) is 17.7 Å². The Hall–Kier alpha value is -5.20. The lowest BCUT2D eigenvalue weighted by atomic mass is 9.78. The van der Waals surface area contributed by atoms with Crippen molar-refractivity contribution in [3.05, 3.63) is 76.9 Å². The van der Waals surface area contributed by atoms with Crippen molar-refractivity contribution in [1.29, 1.82) is 0 Å². The predicted octanol–water partition coefficient (Wildman–Crippen LogP) is 2.65. The van der Waals surface area contributed by atoms with E-state index >= 15 is 0 Å². The fourth-order valence-electron chi connectivity index (χ4n) is 8.08. The average Bonchev–Trinajstić information content (AvgIpc) is 3.67. The molecule has 0 aliphatic heterocycles. The van der Waals surface area contributed by atoms with Crippen molar-refractivity contribution in [3.63, 3.8) is 0 Å². The molecular weight excluding hydrogens is 618 g/mol. The van der Waals surface area contributed by atoms with Crippen molar-refractivity contribution < 1.29 is 33.1 Å². The van der Waals surface area contributed by atoms with Crippen LogP contribution in [0.15, 0.2) is 70.2 Å². The number of hydrogen-bond donors (Lipinski definition) is 4. The smallest absolute Gasteiger partial charge is 0.330 e. The largest absolute Gasteiger partial charge is 0.466 e. The molecule has 0 saturated heterocycles. The summed E-state index contributed by atoms with van der Waals surface area (Å²) in [6, 6.07) is 8.44. The minimum atomic E-state index is -1.07. The van der Waals surface area contributed by atoms with Gasteiger partial charge in [-0.1, -0.05) is 6.08 Å². The lowest BCUT2D eigenvalue weighted by molar-refractivity contribution is -0.135. The van der Waals surface area contributed by atoms with Crippen LogP contribution in [0.25, 0.3) is 11.0 Å². The first-order chi connectivity index (χ1) is 23.0. The van der Waals surface area contributed by atoms with Crippen molar-refractivity contribution in [1.82, 2.24) is 20.5 Å². The molecule has 13 nitrogen and oxygen atoms in total. The van der Waals surface area contributed by atoms with Crippen LogP contribution in [0.1, 0.15) is 55.8 Å². The van der Waals surface area contributed by atoms with Gasteiger partial charge >= 0.3 is 5.97 Å². The molecule has 48 heavy (non-hydrogen) atoms. The van der Waals surface area contributed by atoms with Gasteiger partial charge in [0, 0.05) is 47.6 Å². The highest BCUT2D eigenvalue weighted by Crippen LogP contribution is 2.60. The summed E-state index contributed by atoms with van der Waals surface area (Å²) in [5.41, 5.74) is 0.0185. The van der Waals surface area contributed by atoms with Gasteiger partial charge in [-0.25, -0.2) is 4.79 Å². The summed E-state index contributed by atoms with van der Waals surface area (Å²) in [7, 11) is 1.25. The number of benzene rings is 1. The number of pyridine rings is 1. The fraction of sp³-hybridized carbons (Fsp3) is 0.429. The molecule has 7 rings (SSSR count). The van der Waals surface area contributed by atoms with Gasteiger partial charge in [-0.05, 0) is 86.8 Å². The third kappa shape index (κ3) is 6.76. The van der Waals surface area contributed by atoms with E-state index < -0.39 is 29.4 Å². The molecule has 5 unspecified atom stereocenters. The van der Waals surface area contributed by atoms with Crippen molar-refractivity contribution in [2.45, 2.75) is 69.6 Å². The number of aromatic nitrogens is 1. The highest BCUT2D eigenvalue weighted by atomic mass is 16.5. The number of rotatable bonds is 12. The molecule has 4 saturated carbocycles. The number of fused-ring (bicyclic) bond motifs is 1. The van der Waals surface area contributed by atoms with E-state index in [0.29, 0.717) is 17.1 Å². The van der Waals surface area contributed by atoms with Gasteiger partial charge in [0.15, 0.2) is 0 Å². The fourth-order valence-corrected chi connectivity index (χ4v) is 8.08. The first kappa shape index (κ1) is 32.7. The van der Waals surface area contributed by atoms with E-state index in [1.807, 2.05) is 0 Å². The standard InChI is InChI=1S/C35H39N5O8/c1-20(41)39-35-17-21-14-24(18-35)31(25(35)15-21)38-29(42)19-40-12-5-7-27(34(40)46)37-33(45)26(6-3-4-8-30(43)47-2)36-32(44)23-9-10-28-22(16-23)11-13-48-28/h4-5,7-13,16,21,24-26,31H,3,6,14-15,17-19H2,1-2H3,(H,36,44)(H,37,45)(H,38,42)(H,39,41)/b8-4+/t21?,24?,25?,26-,31?,35?/m0/s1. The molecular formula is C35H39N5O8. The van der Waals surface area contributed by atoms with E-state index in [4.69, 9.17) is 4.42 Å². The Balaban J connectivity index is 1.12. The Morgan fingerprint density at radius 1 is 1.12 bits per heavy atom. The van der Waals surface area contributed by atoms with Gasteiger partial charge in [0.05, 0.1) is 13.4 Å². The number of furan rings is 1. The Morgan fingerprint density at radius 3 is 2.75 bits per heavy atom. The van der Waals surface area contributed by atoms with Crippen molar-refractivity contribution >= 4 is 46.3 Å². The van der Waals surface area contributed by atoms with Crippen molar-refractivity contribution in [3.8, 4) is 0 Å². The zero-order valence-electron chi connectivity index (χ0n) is 26.8. The average molecular weight is 658 g/mol. The Bertz CT molecular complexity index is 1850. The van der Waals surface area contributed by atoms with Gasteiger partial charge in [0.25, 0.3) is 11.5 Å². The molecule has 2 heterocycles. The van der Waals surface area contributed by atoms with Crippen LogP contribution >= 0.6 is 0 Å². The molecule has 4 fully saturated rings. The van der Waals surface area contributed by atoms with Gasteiger partial charge in [-0.2, -0.15) is 0 Å². The van der Waals surface area contributed by atoms with E-state index in [9.17, 15) is 28.8 Å². The number of nitrogens with zero attached hydrogens (tertiary/aromatic N) is 1. The molecule has 4 N–H and O–H groups in total. The summed E-state index contributed by atoms with van der Waals surface area (Å²) in [6.07, 6.45) is 9.86. The number of methoxy groups -OCH3 is 1. The van der Waals surface area contributed by atoms with Crippen LogP contribution in [-0.2, 0) is 30.5 Å². The second kappa shape index (κ2) is 13.5. The number of esters is 1. The van der Waals surface area contributed by atoms with Crippen LogP contribution in [0.5, 0.6) is 0 Å². The minimum Gasteiger partial charge on any atom is -0.466 e. The summed E-state index contributed by atoms with van der Waals surface area (Å²) >= 11 is 0. The summed E-state index contributed by atoms with van der Waals surface area (Å²) in [5, 5.41) is 12.4. The maximum Gasteiger partial charge on any atom is 0.330 e. The lowest BCUT2D eigenvalue weighted by Gasteiger charge is -2.33. The quantitative estimate of drug-likeness (QED) is 0.170. The van der Waals surface area contributed by atoms with Crippen molar-refractivity contribution in [2.24, 2.45) is 17.8 Å². The SMILES string of the molecule is COC(=O)/C=C/CC[C@H](NC(=O)c1ccc2occc2c1)C(=O)Nc1cccn(CC(=O)NC2C3CC4CC2C(NC(C)=O)(C4)C3)c1=O. The molecule has 4 bridgehead atoms. The molecule has 4 aliphatic rings. The lowest BCUT2D eigenvalue weighted by Crippen LogP contribution is -2.51. The van der Waals surface area contributed by atoms with Crippen molar-refractivity contribution in [2.75, 3.05) is 12.4 Å². The first-order valence-corrected chi connectivity index (χ1v) is 16.2. The van der Waals surface area contributed by atoms with E-state index in [0.717, 1.165) is 31.1 Å². The molecule has 0 radical (unpaired) electrons. The van der Waals surface area contributed by atoms with Gasteiger partial charge < -0.3 is 35.0 Å². The Morgan fingerprint density at radius 2 is 1.96 bits per heavy atom. The van der Waals surface area contributed by atoms with Crippen LogP contribution in [0, 0.1) is 17.8 Å². The molecule has 252 valence electrons. The molecule has 4 aliphatic carbocycles. The monoisotopic (exact) mass is 657 g/mol. The third-order valence-corrected chi connectivity index (χ3v) is 9.91. The number of carbonyl (C=O) groups excluding carboxylic acids is 5. The molecule has 1 aromatic carbocycles. The number of hydrogen-bond acceptors (Lipinski definition) is 8. The molecule has 3 aromatic rings. The van der Waals surface area contributed by atoms with Gasteiger partial charge in [0.1, 0.15) is 23.9 Å². The molecule has 0 spiro atoms. The number of nitrogens with one attached hydrogen (secondary N) is 4. The van der Waals surface area contributed by atoms with E-state index in [1.165, 1.54) is 49.3 Å². The Kier molecular flexibility index (Phi) is 9.20. The first-order valence-electron chi connectivity index (χ1n) is 16.2. The topological polar surface area (TPSA) is 178 Å². The number of amides is 4. The van der Waals surface area contributed by atoms with E-state index in [2.05, 4.69) is 26.0 Å². The minimum absolute atomic E-state index is 0.0531. The zero-order chi connectivity index (χ0) is 34.0. The molecule has 2 aromatic heterocycles. The highest BCUT2D eigenvalue weighted by molar-refractivity contribution is 6.02. The number of allylic oxidation sites excluding steroid dienone is 1. The maximum atomic E-state index is 13.5. The summed E-state index contributed by atoms with van der Waals surface area (Å²) in [6.45, 7) is 1.28. The van der Waals surface area contributed by atoms with Gasteiger partial charge in [-0.3, -0.25) is 24.0 Å². The number of ether oxygens (including phenoxy) is 1. The van der Waals surface area contributed by atoms with Crippen LogP contribution in [0.4, 0.5) is 5.69 Å². The Labute approximate surface area is 276 Å². The predicted molar refractivity (Wildman–Crippen MR) is 175 cm³/mol. The van der Waals surface area contributed by atoms with Gasteiger partial charge in [-0.15, -0.1) is 0 Å². The van der Waals surface area contributed by atoms with Crippen LogP contribution in [0.2, 0.25) is 0 Å². The maximum absolute atomic E-state index is 13.5. The third-order valence-electron chi connectivity index (χ3n) is 9.91. The molecule has 6 atom stereocenters. The summed E-state index contributed by atoms with van der Waals surface area (Å²) in [5.74, 6) is -1.10. The van der Waals surface area contributed by atoms with E-state index in [1.54, 1.807) is 30.3 Å². The highest BCUT2D eigenvalue weighted by Gasteiger charge is 2.63. The zero-order valence-corrected chi connectivity index (χ0v) is 26.8. The number of anilines is 1. The summed E-state index contributed by atoms with van der Waals surface area (Å²) in [4.78, 5) is 76.8. The van der Waals surface area contributed by atoms with E-state index in [-0.39, 0.29) is 60.3 Å². The number of carbonyl (C=O) groups is 5. The molecule has 13 heteroatoms. The second-order valence-electron chi connectivity index (χ2n) is 13.1.